The predicted octanol–water partition coefficient (Wildman–Crippen LogP) is 3.70. The number of piperidine rings is 1. The van der Waals surface area contributed by atoms with E-state index in [1.165, 1.54) is 6.20 Å². The Labute approximate surface area is 179 Å². The molecule has 0 amide bonds. The molecular weight excluding hydrogens is 404 g/mol. The Morgan fingerprint density at radius 2 is 2.03 bits per heavy atom. The lowest BCUT2D eigenvalue weighted by molar-refractivity contribution is -0.148. The monoisotopic (exact) mass is 426 g/mol. The molecule has 0 radical (unpaired) electrons. The highest BCUT2D eigenvalue weighted by Crippen LogP contribution is 2.26. The van der Waals surface area contributed by atoms with Gasteiger partial charge in [-0.25, -0.2) is 9.97 Å². The number of aromatic nitrogens is 3. The van der Waals surface area contributed by atoms with Crippen LogP contribution in [0.4, 0.5) is 5.95 Å². The summed E-state index contributed by atoms with van der Waals surface area (Å²) in [5, 5.41) is 0.218. The first-order chi connectivity index (χ1) is 14.5. The number of rotatable bonds is 5. The van der Waals surface area contributed by atoms with Crippen molar-refractivity contribution in [1.82, 2.24) is 14.4 Å². The fourth-order valence-electron chi connectivity index (χ4n) is 3.90. The average molecular weight is 427 g/mol. The van der Waals surface area contributed by atoms with Gasteiger partial charge in [-0.05, 0) is 50.5 Å². The Kier molecular flexibility index (Phi) is 5.72. The second-order valence-corrected chi connectivity index (χ2v) is 7.79. The van der Waals surface area contributed by atoms with E-state index in [0.717, 1.165) is 11.1 Å². The van der Waals surface area contributed by atoms with Crippen LogP contribution in [0.1, 0.15) is 41.5 Å². The van der Waals surface area contributed by atoms with Crippen LogP contribution in [0.5, 0.6) is 0 Å². The number of fused-ring (bicyclic) bond motifs is 1. The summed E-state index contributed by atoms with van der Waals surface area (Å²) in [6.07, 6.45) is 4.65. The molecule has 4 heterocycles. The number of aryl methyl sites for hydroxylation is 1. The van der Waals surface area contributed by atoms with Gasteiger partial charge in [0.05, 0.1) is 29.4 Å². The molecule has 1 aliphatic rings. The number of hydrogen-bond acceptors (Lipinski definition) is 6. The molecule has 3 aromatic rings. The maximum Gasteiger partial charge on any atom is 0.309 e. The zero-order valence-electron chi connectivity index (χ0n) is 17.0. The molecule has 0 N–H and O–H groups in total. The molecule has 0 unspecified atom stereocenters. The van der Waals surface area contributed by atoms with Crippen LogP contribution in [0.2, 0.25) is 5.02 Å². The molecule has 1 fully saturated rings. The Morgan fingerprint density at radius 3 is 2.77 bits per heavy atom. The molecule has 0 bridgehead atoms. The topological polar surface area (TPSA) is 76.8 Å². The third kappa shape index (κ3) is 3.77. The van der Waals surface area contributed by atoms with Gasteiger partial charge >= 0.3 is 5.97 Å². The van der Waals surface area contributed by atoms with Crippen LogP contribution in [0.25, 0.3) is 5.52 Å². The lowest BCUT2D eigenvalue weighted by atomic mass is 9.97. The molecule has 8 heteroatoms. The number of hydrogen-bond donors (Lipinski definition) is 0. The number of ketones is 1. The summed E-state index contributed by atoms with van der Waals surface area (Å²) in [5.74, 6) is -0.0534. The SMILES string of the molecule is CCOC(=O)C1CCN(c2ncc(Cl)c(C(=O)c3c(C)cc4ccccn34)n2)CC1. The van der Waals surface area contributed by atoms with Gasteiger partial charge in [-0.1, -0.05) is 17.7 Å². The highest BCUT2D eigenvalue weighted by molar-refractivity contribution is 6.34. The summed E-state index contributed by atoms with van der Waals surface area (Å²) in [6, 6.07) is 7.72. The van der Waals surface area contributed by atoms with Crippen LogP contribution < -0.4 is 4.90 Å². The molecule has 3 aromatic heterocycles. The number of esters is 1. The lowest BCUT2D eigenvalue weighted by Crippen LogP contribution is -2.38. The van der Waals surface area contributed by atoms with Crippen LogP contribution in [-0.4, -0.2) is 45.8 Å². The number of ether oxygens (including phenoxy) is 1. The molecule has 1 saturated heterocycles. The minimum absolute atomic E-state index is 0.107. The zero-order chi connectivity index (χ0) is 21.3. The number of carbonyl (C=O) groups is 2. The van der Waals surface area contributed by atoms with Crippen molar-refractivity contribution in [2.24, 2.45) is 5.92 Å². The average Bonchev–Trinajstić information content (AvgIpc) is 3.09. The summed E-state index contributed by atoms with van der Waals surface area (Å²) < 4.78 is 6.97. The number of anilines is 1. The maximum atomic E-state index is 13.3. The van der Waals surface area contributed by atoms with E-state index >= 15 is 0 Å². The Hall–Kier alpha value is -2.93. The first-order valence-corrected chi connectivity index (χ1v) is 10.4. The molecule has 0 aliphatic carbocycles. The van der Waals surface area contributed by atoms with Crippen molar-refractivity contribution in [3.63, 3.8) is 0 Å². The van der Waals surface area contributed by atoms with Gasteiger partial charge in [-0.15, -0.1) is 0 Å². The molecule has 0 atom stereocenters. The van der Waals surface area contributed by atoms with E-state index in [2.05, 4.69) is 9.97 Å². The molecule has 0 aromatic carbocycles. The third-order valence-electron chi connectivity index (χ3n) is 5.43. The summed E-state index contributed by atoms with van der Waals surface area (Å²) in [6.45, 7) is 5.33. The van der Waals surface area contributed by atoms with Crippen molar-refractivity contribution in [3.05, 3.63) is 58.6 Å². The molecular formula is C22H23ClN4O3. The standard InChI is InChI=1S/C22H23ClN4O3/c1-3-30-21(29)15-7-10-26(11-8-15)22-24-13-17(23)18(25-22)20(28)19-14(2)12-16-6-4-5-9-27(16)19/h4-6,9,12-13,15H,3,7-8,10-11H2,1-2H3. The van der Waals surface area contributed by atoms with E-state index in [0.29, 0.717) is 44.2 Å². The van der Waals surface area contributed by atoms with Gasteiger partial charge in [0.15, 0.2) is 0 Å². The highest BCUT2D eigenvalue weighted by Gasteiger charge is 2.28. The van der Waals surface area contributed by atoms with Gasteiger partial charge in [0.25, 0.3) is 0 Å². The minimum atomic E-state index is -0.242. The molecule has 1 aliphatic heterocycles. The van der Waals surface area contributed by atoms with Gasteiger partial charge in [0, 0.05) is 24.8 Å². The molecule has 7 nitrogen and oxygen atoms in total. The Bertz CT molecular complexity index is 1100. The third-order valence-corrected chi connectivity index (χ3v) is 5.71. The number of nitrogens with zero attached hydrogens (tertiary/aromatic N) is 4. The van der Waals surface area contributed by atoms with Crippen LogP contribution in [0.3, 0.4) is 0 Å². The Balaban J connectivity index is 1.59. The zero-order valence-corrected chi connectivity index (χ0v) is 17.7. The number of halogens is 1. The van der Waals surface area contributed by atoms with Gasteiger partial charge in [-0.3, -0.25) is 9.59 Å². The van der Waals surface area contributed by atoms with Gasteiger partial charge in [0.1, 0.15) is 5.69 Å². The van der Waals surface area contributed by atoms with Crippen LogP contribution in [0.15, 0.2) is 36.7 Å². The molecule has 4 rings (SSSR count). The first kappa shape index (κ1) is 20.3. The van der Waals surface area contributed by atoms with Crippen molar-refractivity contribution in [1.29, 1.82) is 0 Å². The molecule has 156 valence electrons. The summed E-state index contributed by atoms with van der Waals surface area (Å²) in [7, 11) is 0. The fraction of sp³-hybridized carbons (Fsp3) is 0.364. The van der Waals surface area contributed by atoms with Crippen molar-refractivity contribution in [2.45, 2.75) is 26.7 Å². The van der Waals surface area contributed by atoms with Gasteiger partial charge < -0.3 is 14.0 Å². The van der Waals surface area contributed by atoms with Crippen LogP contribution >= 0.6 is 11.6 Å². The van der Waals surface area contributed by atoms with E-state index in [4.69, 9.17) is 16.3 Å². The van der Waals surface area contributed by atoms with E-state index in [-0.39, 0.29) is 28.4 Å². The minimum Gasteiger partial charge on any atom is -0.466 e. The quantitative estimate of drug-likeness (QED) is 0.457. The number of carbonyl (C=O) groups excluding carboxylic acids is 2. The summed E-state index contributed by atoms with van der Waals surface area (Å²) in [4.78, 5) is 36.1. The normalized spacial score (nSPS) is 14.8. The highest BCUT2D eigenvalue weighted by atomic mass is 35.5. The van der Waals surface area contributed by atoms with Crippen molar-refractivity contribution < 1.29 is 14.3 Å². The van der Waals surface area contributed by atoms with Crippen LogP contribution in [0, 0.1) is 12.8 Å². The summed E-state index contributed by atoms with van der Waals surface area (Å²) >= 11 is 6.32. The molecule has 0 spiro atoms. The molecule has 0 saturated carbocycles. The summed E-state index contributed by atoms with van der Waals surface area (Å²) in [5.41, 5.74) is 2.52. The van der Waals surface area contributed by atoms with Crippen molar-refractivity contribution in [3.8, 4) is 0 Å². The van der Waals surface area contributed by atoms with Crippen LogP contribution in [-0.2, 0) is 9.53 Å². The Morgan fingerprint density at radius 1 is 1.27 bits per heavy atom. The maximum absolute atomic E-state index is 13.3. The van der Waals surface area contributed by atoms with E-state index in [1.54, 1.807) is 0 Å². The largest absolute Gasteiger partial charge is 0.466 e. The second-order valence-electron chi connectivity index (χ2n) is 7.38. The van der Waals surface area contributed by atoms with E-state index in [9.17, 15) is 9.59 Å². The van der Waals surface area contributed by atoms with Gasteiger partial charge in [-0.2, -0.15) is 0 Å². The van der Waals surface area contributed by atoms with Crippen molar-refractivity contribution >= 4 is 34.8 Å². The van der Waals surface area contributed by atoms with Gasteiger partial charge in [0.2, 0.25) is 11.7 Å². The van der Waals surface area contributed by atoms with Crippen molar-refractivity contribution in [2.75, 3.05) is 24.6 Å². The lowest BCUT2D eigenvalue weighted by Gasteiger charge is -2.31. The van der Waals surface area contributed by atoms with E-state index in [1.807, 2.05) is 53.6 Å². The fourth-order valence-corrected chi connectivity index (χ4v) is 4.08. The molecule has 30 heavy (non-hydrogen) atoms. The predicted molar refractivity (Wildman–Crippen MR) is 114 cm³/mol. The van der Waals surface area contributed by atoms with E-state index < -0.39 is 0 Å². The smallest absolute Gasteiger partial charge is 0.309 e. The number of pyridine rings is 1. The first-order valence-electron chi connectivity index (χ1n) is 10.0. The second kappa shape index (κ2) is 8.44.